The molecular weight excluding hydrogens is 386 g/mol. The molecule has 0 spiro atoms. The highest BCUT2D eigenvalue weighted by Gasteiger charge is 2.23. The van der Waals surface area contributed by atoms with E-state index < -0.39 is 18.3 Å². The minimum atomic E-state index is -1.23. The molecule has 1 heterocycles. The van der Waals surface area contributed by atoms with Crippen molar-refractivity contribution in [1.29, 1.82) is 0 Å². The minimum absolute atomic E-state index is 0.0336. The Morgan fingerprint density at radius 3 is 1.45 bits per heavy atom. The van der Waals surface area contributed by atoms with E-state index in [0.29, 0.717) is 6.54 Å². The Labute approximate surface area is 169 Å². The zero-order valence-electron chi connectivity index (χ0n) is 16.7. The van der Waals surface area contributed by atoms with E-state index in [1.807, 2.05) is 6.92 Å². The van der Waals surface area contributed by atoms with E-state index in [2.05, 4.69) is 5.32 Å². The number of amides is 4. The monoisotopic (exact) mass is 417 g/mol. The molecule has 1 fully saturated rings. The van der Waals surface area contributed by atoms with Crippen LogP contribution in [0.5, 0.6) is 0 Å². The van der Waals surface area contributed by atoms with Gasteiger partial charge in [-0.05, 0) is 6.42 Å². The standard InChI is InChI=1S/C17H31N5O7/c1-2-3-4-18-14(23)13-19-5-7-20(15(24)25)9-11-22(17(28)29)12-10-21(8-6-19)16(26)27/h2-13H2,1H3,(H,18,23)(H,24,25)(H,26,27)(H,28,29). The summed E-state index contributed by atoms with van der Waals surface area (Å²) in [6.45, 7) is 3.02. The molecule has 1 aliphatic heterocycles. The molecule has 29 heavy (non-hydrogen) atoms. The molecule has 0 bridgehead atoms. The molecular formula is C17H31N5O7. The predicted molar refractivity (Wildman–Crippen MR) is 103 cm³/mol. The third kappa shape index (κ3) is 9.32. The molecule has 0 aromatic heterocycles. The lowest BCUT2D eigenvalue weighted by atomic mass is 10.3. The van der Waals surface area contributed by atoms with Gasteiger partial charge in [0.2, 0.25) is 5.91 Å². The Hall–Kier alpha value is -2.76. The molecule has 0 aliphatic carbocycles. The summed E-state index contributed by atoms with van der Waals surface area (Å²) in [5, 5.41) is 30.8. The zero-order valence-corrected chi connectivity index (χ0v) is 16.7. The normalized spacial score (nSPS) is 17.2. The average Bonchev–Trinajstić information content (AvgIpc) is 2.63. The fraction of sp³-hybridized carbons (Fsp3) is 0.765. The maximum Gasteiger partial charge on any atom is 0.407 e. The molecule has 0 aromatic rings. The first-order chi connectivity index (χ1) is 13.7. The Bertz CT molecular complexity index is 544. The van der Waals surface area contributed by atoms with Crippen molar-refractivity contribution in [2.75, 3.05) is 65.4 Å². The van der Waals surface area contributed by atoms with E-state index in [4.69, 9.17) is 0 Å². The van der Waals surface area contributed by atoms with Crippen molar-refractivity contribution in [3.8, 4) is 0 Å². The van der Waals surface area contributed by atoms with E-state index in [9.17, 15) is 34.5 Å². The molecule has 1 rings (SSSR count). The topological polar surface area (TPSA) is 154 Å². The van der Waals surface area contributed by atoms with Crippen LogP contribution >= 0.6 is 0 Å². The summed E-state index contributed by atoms with van der Waals surface area (Å²) < 4.78 is 0. The van der Waals surface area contributed by atoms with Gasteiger partial charge in [0.25, 0.3) is 0 Å². The summed E-state index contributed by atoms with van der Waals surface area (Å²) in [5.41, 5.74) is 0. The number of carbonyl (C=O) groups excluding carboxylic acids is 1. The minimum Gasteiger partial charge on any atom is -0.465 e. The van der Waals surface area contributed by atoms with Crippen molar-refractivity contribution < 1.29 is 34.5 Å². The fourth-order valence-corrected chi connectivity index (χ4v) is 2.85. The summed E-state index contributed by atoms with van der Waals surface area (Å²) in [6.07, 6.45) is -1.79. The van der Waals surface area contributed by atoms with Crippen LogP contribution in [0.1, 0.15) is 19.8 Å². The summed E-state index contributed by atoms with van der Waals surface area (Å²) >= 11 is 0. The van der Waals surface area contributed by atoms with Crippen LogP contribution in [0, 0.1) is 0 Å². The molecule has 1 saturated heterocycles. The molecule has 0 atom stereocenters. The first-order valence-electron chi connectivity index (χ1n) is 9.67. The van der Waals surface area contributed by atoms with Crippen LogP contribution in [0.3, 0.4) is 0 Å². The molecule has 4 amide bonds. The van der Waals surface area contributed by atoms with Gasteiger partial charge in [-0.15, -0.1) is 0 Å². The van der Waals surface area contributed by atoms with Crippen LogP contribution in [-0.4, -0.2) is 125 Å². The average molecular weight is 417 g/mol. The first kappa shape index (κ1) is 24.3. The number of hydrogen-bond donors (Lipinski definition) is 4. The molecule has 12 heteroatoms. The maximum atomic E-state index is 12.1. The lowest BCUT2D eigenvalue weighted by molar-refractivity contribution is -0.122. The Balaban J connectivity index is 2.85. The molecule has 4 N–H and O–H groups in total. The Morgan fingerprint density at radius 1 is 0.724 bits per heavy atom. The predicted octanol–water partition coefficient (Wildman–Crippen LogP) is 0.158. The van der Waals surface area contributed by atoms with Crippen molar-refractivity contribution >= 4 is 24.2 Å². The van der Waals surface area contributed by atoms with Crippen LogP contribution in [0.4, 0.5) is 14.4 Å². The first-order valence-corrected chi connectivity index (χ1v) is 9.67. The molecule has 12 nitrogen and oxygen atoms in total. The van der Waals surface area contributed by atoms with Gasteiger partial charge in [-0.3, -0.25) is 9.69 Å². The second-order valence-electron chi connectivity index (χ2n) is 6.79. The maximum absolute atomic E-state index is 12.1. The van der Waals surface area contributed by atoms with E-state index >= 15 is 0 Å². The Morgan fingerprint density at radius 2 is 1.10 bits per heavy atom. The third-order valence-electron chi connectivity index (χ3n) is 4.68. The number of nitrogens with zero attached hydrogens (tertiary/aromatic N) is 4. The van der Waals surface area contributed by atoms with Gasteiger partial charge in [0.05, 0.1) is 6.54 Å². The van der Waals surface area contributed by atoms with Gasteiger partial charge in [-0.2, -0.15) is 0 Å². The van der Waals surface area contributed by atoms with Crippen molar-refractivity contribution in [2.24, 2.45) is 0 Å². The van der Waals surface area contributed by atoms with Crippen molar-refractivity contribution in [2.45, 2.75) is 19.8 Å². The highest BCUT2D eigenvalue weighted by atomic mass is 16.4. The quantitative estimate of drug-likeness (QED) is 0.461. The van der Waals surface area contributed by atoms with E-state index in [-0.39, 0.29) is 64.8 Å². The highest BCUT2D eigenvalue weighted by Crippen LogP contribution is 2.02. The SMILES string of the molecule is CCCCNC(=O)CN1CCN(C(=O)O)CCN(C(=O)O)CCN(C(=O)O)CC1. The summed E-state index contributed by atoms with van der Waals surface area (Å²) in [4.78, 5) is 51.3. The number of nitrogens with one attached hydrogen (secondary N) is 1. The second-order valence-corrected chi connectivity index (χ2v) is 6.79. The fourth-order valence-electron chi connectivity index (χ4n) is 2.85. The van der Waals surface area contributed by atoms with Gasteiger partial charge < -0.3 is 35.3 Å². The zero-order chi connectivity index (χ0) is 21.8. The number of unbranched alkanes of at least 4 members (excludes halogenated alkanes) is 1. The van der Waals surface area contributed by atoms with Crippen molar-refractivity contribution in [3.63, 3.8) is 0 Å². The summed E-state index contributed by atoms with van der Waals surface area (Å²) in [7, 11) is 0. The second kappa shape index (κ2) is 12.6. The van der Waals surface area contributed by atoms with Gasteiger partial charge in [0.15, 0.2) is 0 Å². The largest absolute Gasteiger partial charge is 0.465 e. The number of rotatable bonds is 5. The van der Waals surface area contributed by atoms with E-state index in [0.717, 1.165) is 27.5 Å². The van der Waals surface area contributed by atoms with E-state index in [1.165, 1.54) is 0 Å². The molecule has 0 saturated carbocycles. The van der Waals surface area contributed by atoms with Gasteiger partial charge in [0, 0.05) is 58.9 Å². The van der Waals surface area contributed by atoms with Crippen LogP contribution in [0.25, 0.3) is 0 Å². The molecule has 166 valence electrons. The Kier molecular flexibility index (Phi) is 10.6. The van der Waals surface area contributed by atoms with Crippen LogP contribution < -0.4 is 5.32 Å². The summed E-state index contributed by atoms with van der Waals surface area (Å²) in [6, 6.07) is 0. The van der Waals surface area contributed by atoms with Gasteiger partial charge in [-0.25, -0.2) is 14.4 Å². The van der Waals surface area contributed by atoms with Gasteiger partial charge in [0.1, 0.15) is 0 Å². The third-order valence-corrected chi connectivity index (χ3v) is 4.68. The smallest absolute Gasteiger partial charge is 0.407 e. The van der Waals surface area contributed by atoms with Crippen molar-refractivity contribution in [3.05, 3.63) is 0 Å². The lowest BCUT2D eigenvalue weighted by Crippen LogP contribution is -2.50. The van der Waals surface area contributed by atoms with Crippen LogP contribution in [-0.2, 0) is 4.79 Å². The molecule has 0 aromatic carbocycles. The number of hydrogen-bond acceptors (Lipinski definition) is 5. The number of carbonyl (C=O) groups is 4. The molecule has 0 unspecified atom stereocenters. The van der Waals surface area contributed by atoms with Gasteiger partial charge >= 0.3 is 18.3 Å². The van der Waals surface area contributed by atoms with Crippen molar-refractivity contribution in [1.82, 2.24) is 24.9 Å². The number of carboxylic acid groups (broad SMARTS) is 3. The van der Waals surface area contributed by atoms with E-state index in [1.54, 1.807) is 4.90 Å². The molecule has 1 aliphatic rings. The van der Waals surface area contributed by atoms with Gasteiger partial charge in [-0.1, -0.05) is 13.3 Å². The summed E-state index contributed by atoms with van der Waals surface area (Å²) in [5.74, 6) is -0.202. The van der Waals surface area contributed by atoms with Crippen LogP contribution in [0.2, 0.25) is 0 Å². The molecule has 0 radical (unpaired) electrons. The lowest BCUT2D eigenvalue weighted by Gasteiger charge is -2.31. The van der Waals surface area contributed by atoms with Crippen LogP contribution in [0.15, 0.2) is 0 Å². The highest BCUT2D eigenvalue weighted by molar-refractivity contribution is 5.78.